The van der Waals surface area contributed by atoms with Crippen molar-refractivity contribution in [2.24, 2.45) is 0 Å². The third-order valence-corrected chi connectivity index (χ3v) is 2.77. The molecule has 0 bridgehead atoms. The summed E-state index contributed by atoms with van der Waals surface area (Å²) in [5.41, 5.74) is 2.18. The molecule has 0 aliphatic rings. The summed E-state index contributed by atoms with van der Waals surface area (Å²) in [6.45, 7) is 4.15. The minimum Gasteiger partial charge on any atom is -0.481 e. The van der Waals surface area contributed by atoms with E-state index in [4.69, 9.17) is 0 Å². The lowest BCUT2D eigenvalue weighted by Gasteiger charge is -2.12. The SMILES string of the molecule is CCCc1cccc(C(CCC)C(=O)O)c1. The predicted molar refractivity (Wildman–Crippen MR) is 65.7 cm³/mol. The van der Waals surface area contributed by atoms with Crippen LogP contribution in [0.5, 0.6) is 0 Å². The van der Waals surface area contributed by atoms with Crippen LogP contribution in [-0.4, -0.2) is 11.1 Å². The Morgan fingerprint density at radius 1 is 1.31 bits per heavy atom. The van der Waals surface area contributed by atoms with Crippen molar-refractivity contribution in [2.75, 3.05) is 0 Å². The molecule has 0 saturated heterocycles. The zero-order valence-corrected chi connectivity index (χ0v) is 10.1. The van der Waals surface area contributed by atoms with Crippen LogP contribution in [0.15, 0.2) is 24.3 Å². The Morgan fingerprint density at radius 2 is 2.06 bits per heavy atom. The lowest BCUT2D eigenvalue weighted by molar-refractivity contribution is -0.139. The number of carbonyl (C=O) groups is 1. The highest BCUT2D eigenvalue weighted by molar-refractivity contribution is 5.76. The predicted octanol–water partition coefficient (Wildman–Crippen LogP) is 3.61. The van der Waals surface area contributed by atoms with Gasteiger partial charge < -0.3 is 5.11 Å². The van der Waals surface area contributed by atoms with Crippen molar-refractivity contribution >= 4 is 5.97 Å². The lowest BCUT2D eigenvalue weighted by atomic mass is 9.92. The van der Waals surface area contributed by atoms with E-state index in [2.05, 4.69) is 13.0 Å². The van der Waals surface area contributed by atoms with Gasteiger partial charge in [0.2, 0.25) is 0 Å². The van der Waals surface area contributed by atoms with E-state index in [9.17, 15) is 9.90 Å². The van der Waals surface area contributed by atoms with Crippen LogP contribution in [0.1, 0.15) is 50.2 Å². The number of aryl methyl sites for hydroxylation is 1. The number of hydrogen-bond donors (Lipinski definition) is 1. The van der Waals surface area contributed by atoms with Crippen LogP contribution in [0.25, 0.3) is 0 Å². The second-order valence-corrected chi connectivity index (χ2v) is 4.17. The maximum atomic E-state index is 11.2. The molecular weight excluding hydrogens is 200 g/mol. The van der Waals surface area contributed by atoms with E-state index < -0.39 is 5.97 Å². The number of aliphatic carboxylic acids is 1. The minimum atomic E-state index is -0.713. The molecule has 2 nitrogen and oxygen atoms in total. The first-order valence-corrected chi connectivity index (χ1v) is 6.00. The molecule has 2 heteroatoms. The lowest BCUT2D eigenvalue weighted by Crippen LogP contribution is -2.11. The van der Waals surface area contributed by atoms with Crippen LogP contribution in [0.2, 0.25) is 0 Å². The average Bonchev–Trinajstić information content (AvgIpc) is 2.26. The van der Waals surface area contributed by atoms with E-state index in [1.165, 1.54) is 5.56 Å². The summed E-state index contributed by atoms with van der Waals surface area (Å²) >= 11 is 0. The molecule has 0 saturated carbocycles. The highest BCUT2D eigenvalue weighted by Gasteiger charge is 2.18. The molecule has 16 heavy (non-hydrogen) atoms. The zero-order chi connectivity index (χ0) is 12.0. The third kappa shape index (κ3) is 3.37. The fourth-order valence-corrected chi connectivity index (χ4v) is 1.98. The van der Waals surface area contributed by atoms with Crippen molar-refractivity contribution < 1.29 is 9.90 Å². The van der Waals surface area contributed by atoms with Crippen LogP contribution in [0, 0.1) is 0 Å². The monoisotopic (exact) mass is 220 g/mol. The number of hydrogen-bond acceptors (Lipinski definition) is 1. The second kappa shape index (κ2) is 6.31. The van der Waals surface area contributed by atoms with E-state index in [0.29, 0.717) is 6.42 Å². The molecule has 0 aliphatic carbocycles. The molecule has 0 fully saturated rings. The Kier molecular flexibility index (Phi) is 5.03. The van der Waals surface area contributed by atoms with E-state index >= 15 is 0 Å². The Hall–Kier alpha value is -1.31. The van der Waals surface area contributed by atoms with Crippen LogP contribution >= 0.6 is 0 Å². The largest absolute Gasteiger partial charge is 0.481 e. The topological polar surface area (TPSA) is 37.3 Å². The second-order valence-electron chi connectivity index (χ2n) is 4.17. The van der Waals surface area contributed by atoms with E-state index in [0.717, 1.165) is 24.8 Å². The van der Waals surface area contributed by atoms with Gasteiger partial charge in [0.1, 0.15) is 0 Å². The molecular formula is C14H20O2. The molecule has 1 aromatic carbocycles. The maximum absolute atomic E-state index is 11.2. The summed E-state index contributed by atoms with van der Waals surface area (Å²) < 4.78 is 0. The Bertz CT molecular complexity index is 344. The van der Waals surface area contributed by atoms with Crippen LogP contribution in [0.4, 0.5) is 0 Å². The van der Waals surface area contributed by atoms with Crippen molar-refractivity contribution in [1.29, 1.82) is 0 Å². The molecule has 1 unspecified atom stereocenters. The number of carboxylic acids is 1. The van der Waals surface area contributed by atoms with Crippen molar-refractivity contribution in [1.82, 2.24) is 0 Å². The molecule has 0 radical (unpaired) electrons. The normalized spacial score (nSPS) is 12.4. The van der Waals surface area contributed by atoms with Crippen LogP contribution in [0.3, 0.4) is 0 Å². The van der Waals surface area contributed by atoms with Gasteiger partial charge in [-0.25, -0.2) is 0 Å². The van der Waals surface area contributed by atoms with Crippen molar-refractivity contribution in [2.45, 2.75) is 45.4 Å². The Labute approximate surface area is 97.3 Å². The average molecular weight is 220 g/mol. The quantitative estimate of drug-likeness (QED) is 0.795. The van der Waals surface area contributed by atoms with Gasteiger partial charge in [-0.3, -0.25) is 4.79 Å². The summed E-state index contributed by atoms with van der Waals surface area (Å²) in [7, 11) is 0. The van der Waals surface area contributed by atoms with E-state index in [1.807, 2.05) is 25.1 Å². The first kappa shape index (κ1) is 12.8. The summed E-state index contributed by atoms with van der Waals surface area (Å²) in [6, 6.07) is 8.00. The van der Waals surface area contributed by atoms with Crippen molar-refractivity contribution in [3.8, 4) is 0 Å². The number of rotatable bonds is 6. The molecule has 1 rings (SSSR count). The smallest absolute Gasteiger partial charge is 0.310 e. The van der Waals surface area contributed by atoms with Gasteiger partial charge in [0, 0.05) is 0 Å². The summed E-state index contributed by atoms with van der Waals surface area (Å²) in [6.07, 6.45) is 3.72. The minimum absolute atomic E-state index is 0.346. The molecule has 0 amide bonds. The van der Waals surface area contributed by atoms with Crippen LogP contribution in [-0.2, 0) is 11.2 Å². The zero-order valence-electron chi connectivity index (χ0n) is 10.1. The fraction of sp³-hybridized carbons (Fsp3) is 0.500. The highest BCUT2D eigenvalue weighted by atomic mass is 16.4. The van der Waals surface area contributed by atoms with Crippen LogP contribution < -0.4 is 0 Å². The standard InChI is InChI=1S/C14H20O2/c1-3-6-11-8-5-9-12(10-11)13(7-4-2)14(15)16/h5,8-10,13H,3-4,6-7H2,1-2H3,(H,15,16). The van der Waals surface area contributed by atoms with E-state index in [-0.39, 0.29) is 5.92 Å². The van der Waals surface area contributed by atoms with E-state index in [1.54, 1.807) is 0 Å². The molecule has 0 aromatic heterocycles. The van der Waals surface area contributed by atoms with Gasteiger partial charge >= 0.3 is 5.97 Å². The summed E-state index contributed by atoms with van der Waals surface area (Å²) in [4.78, 5) is 11.2. The van der Waals surface area contributed by atoms with Crippen molar-refractivity contribution in [3.05, 3.63) is 35.4 Å². The third-order valence-electron chi connectivity index (χ3n) is 2.77. The molecule has 1 aromatic rings. The summed E-state index contributed by atoms with van der Waals surface area (Å²) in [5.74, 6) is -1.06. The molecule has 1 N–H and O–H groups in total. The molecule has 88 valence electrons. The maximum Gasteiger partial charge on any atom is 0.310 e. The first-order chi connectivity index (χ1) is 7.69. The number of carboxylic acid groups (broad SMARTS) is 1. The van der Waals surface area contributed by atoms with Gasteiger partial charge in [0.25, 0.3) is 0 Å². The van der Waals surface area contributed by atoms with Crippen molar-refractivity contribution in [3.63, 3.8) is 0 Å². The Morgan fingerprint density at radius 3 is 2.62 bits per heavy atom. The van der Waals surface area contributed by atoms with Gasteiger partial charge in [-0.15, -0.1) is 0 Å². The molecule has 0 heterocycles. The molecule has 0 spiro atoms. The molecule has 1 atom stereocenters. The van der Waals surface area contributed by atoms with Gasteiger partial charge in [0.05, 0.1) is 5.92 Å². The van der Waals surface area contributed by atoms with Gasteiger partial charge in [0.15, 0.2) is 0 Å². The van der Waals surface area contributed by atoms with Gasteiger partial charge in [-0.2, -0.15) is 0 Å². The van der Waals surface area contributed by atoms with Gasteiger partial charge in [-0.1, -0.05) is 51.0 Å². The Balaban J connectivity index is 2.90. The number of benzene rings is 1. The summed E-state index contributed by atoms with van der Waals surface area (Å²) in [5, 5.41) is 9.18. The first-order valence-electron chi connectivity index (χ1n) is 6.00. The highest BCUT2D eigenvalue weighted by Crippen LogP contribution is 2.22. The molecule has 0 aliphatic heterocycles. The fourth-order valence-electron chi connectivity index (χ4n) is 1.98. The van der Waals surface area contributed by atoms with Gasteiger partial charge in [-0.05, 0) is 24.0 Å².